The zero-order chi connectivity index (χ0) is 14.9. The Balaban J connectivity index is 1.75. The number of hydrogen-bond acceptors (Lipinski definition) is 0. The van der Waals surface area contributed by atoms with Crippen molar-refractivity contribution in [3.8, 4) is 0 Å². The molecule has 4 heteroatoms. The van der Waals surface area contributed by atoms with Gasteiger partial charge in [-0.3, -0.25) is 0 Å². The highest BCUT2D eigenvalue weighted by atomic mass is 19.4. The fourth-order valence-corrected chi connectivity index (χ4v) is 4.48. The molecule has 21 heavy (non-hydrogen) atoms. The van der Waals surface area contributed by atoms with Crippen LogP contribution in [-0.2, 0) is 12.6 Å². The van der Waals surface area contributed by atoms with Gasteiger partial charge in [0.1, 0.15) is 7.28 Å². The van der Waals surface area contributed by atoms with E-state index < -0.39 is 11.7 Å². The Morgan fingerprint density at radius 3 is 2.38 bits per heavy atom. The average Bonchev–Trinajstić information content (AvgIpc) is 2.57. The van der Waals surface area contributed by atoms with E-state index in [0.717, 1.165) is 17.8 Å². The Hall–Kier alpha value is -0.925. The van der Waals surface area contributed by atoms with E-state index in [9.17, 15) is 13.2 Å². The van der Waals surface area contributed by atoms with Crippen molar-refractivity contribution in [1.29, 1.82) is 0 Å². The highest BCUT2D eigenvalue weighted by molar-refractivity contribution is 6.42. The minimum atomic E-state index is -4.23. The summed E-state index contributed by atoms with van der Waals surface area (Å²) in [5, 5.41) is 0.360. The number of rotatable bonds is 2. The van der Waals surface area contributed by atoms with E-state index in [1.165, 1.54) is 64.4 Å². The van der Waals surface area contributed by atoms with Gasteiger partial charge in [0.15, 0.2) is 0 Å². The predicted molar refractivity (Wildman–Crippen MR) is 81.1 cm³/mol. The number of alkyl halides is 3. The third kappa shape index (κ3) is 3.46. The van der Waals surface area contributed by atoms with Crippen LogP contribution in [0.1, 0.15) is 56.1 Å². The normalized spacial score (nSPS) is 29.6. The van der Waals surface area contributed by atoms with Crippen molar-refractivity contribution in [2.75, 3.05) is 0 Å². The van der Waals surface area contributed by atoms with Gasteiger partial charge in [0.2, 0.25) is 0 Å². The second kappa shape index (κ2) is 5.70. The molecule has 3 rings (SSSR count). The lowest BCUT2D eigenvalue weighted by Crippen LogP contribution is -2.29. The fraction of sp³-hybridized carbons (Fsp3) is 0.647. The summed E-state index contributed by atoms with van der Waals surface area (Å²) in [6.45, 7) is 0. The molecular weight excluding hydrogens is 272 g/mol. The Labute approximate surface area is 125 Å². The van der Waals surface area contributed by atoms with Gasteiger partial charge in [-0.05, 0) is 24.1 Å². The first-order chi connectivity index (χ1) is 9.97. The van der Waals surface area contributed by atoms with Crippen molar-refractivity contribution in [1.82, 2.24) is 0 Å². The number of benzene rings is 1. The number of fused-ring (bicyclic) bond motifs is 2. The molecule has 0 radical (unpaired) electrons. The lowest BCUT2D eigenvalue weighted by Gasteiger charge is -2.39. The van der Waals surface area contributed by atoms with Crippen molar-refractivity contribution in [3.05, 3.63) is 35.4 Å². The van der Waals surface area contributed by atoms with Crippen LogP contribution in [0.25, 0.3) is 0 Å². The second-order valence-corrected chi connectivity index (χ2v) is 7.08. The zero-order valence-corrected chi connectivity index (χ0v) is 12.4. The summed E-state index contributed by atoms with van der Waals surface area (Å²) in [5.41, 5.74) is 0.539. The molecule has 0 aliphatic carbocycles. The molecule has 114 valence electrons. The molecule has 2 unspecified atom stereocenters. The molecule has 2 heterocycles. The molecule has 0 N–H and O–H groups in total. The number of halogens is 3. The molecule has 2 fully saturated rings. The molecule has 0 aromatic heterocycles. The van der Waals surface area contributed by atoms with Crippen molar-refractivity contribution in [2.45, 2.75) is 68.7 Å². The standard InChI is InChI=1S/C17H22BF3/c19-17(20,21)14-8-6-13(7-9-14)12-16-10-2-1-4-15(18-16)5-3-11-16/h6-9,15,18H,1-5,10-12H2. The van der Waals surface area contributed by atoms with Gasteiger partial charge in [0.25, 0.3) is 0 Å². The summed E-state index contributed by atoms with van der Waals surface area (Å²) in [4.78, 5) is 0. The van der Waals surface area contributed by atoms with Crippen LogP contribution in [0.5, 0.6) is 0 Å². The topological polar surface area (TPSA) is 0 Å². The predicted octanol–water partition coefficient (Wildman–Crippen LogP) is 5.39. The van der Waals surface area contributed by atoms with E-state index in [0.29, 0.717) is 5.31 Å². The molecule has 0 spiro atoms. The van der Waals surface area contributed by atoms with Crippen LogP contribution in [0.3, 0.4) is 0 Å². The number of hydrogen-bond donors (Lipinski definition) is 0. The third-order valence-electron chi connectivity index (χ3n) is 5.47. The van der Waals surface area contributed by atoms with E-state index >= 15 is 0 Å². The second-order valence-electron chi connectivity index (χ2n) is 7.08. The Kier molecular flexibility index (Phi) is 4.07. The first-order valence-electron chi connectivity index (χ1n) is 8.13. The van der Waals surface area contributed by atoms with Crippen LogP contribution in [0.4, 0.5) is 13.2 Å². The zero-order valence-electron chi connectivity index (χ0n) is 12.4. The summed E-state index contributed by atoms with van der Waals surface area (Å²) in [7, 11) is 1.29. The van der Waals surface area contributed by atoms with Gasteiger partial charge in [-0.15, -0.1) is 0 Å². The van der Waals surface area contributed by atoms with E-state index in [-0.39, 0.29) is 0 Å². The van der Waals surface area contributed by atoms with Crippen molar-refractivity contribution in [3.63, 3.8) is 0 Å². The molecule has 1 aromatic carbocycles. The average molecular weight is 294 g/mol. The first-order valence-corrected chi connectivity index (χ1v) is 8.13. The van der Waals surface area contributed by atoms with Crippen LogP contribution >= 0.6 is 0 Å². The van der Waals surface area contributed by atoms with Crippen LogP contribution in [0, 0.1) is 0 Å². The minimum Gasteiger partial charge on any atom is -0.166 e. The minimum absolute atomic E-state index is 0.360. The fourth-order valence-electron chi connectivity index (χ4n) is 4.48. The van der Waals surface area contributed by atoms with Gasteiger partial charge in [-0.2, -0.15) is 13.2 Å². The van der Waals surface area contributed by atoms with Crippen molar-refractivity contribution in [2.24, 2.45) is 0 Å². The van der Waals surface area contributed by atoms with E-state index in [1.807, 2.05) is 0 Å². The molecule has 2 bridgehead atoms. The summed E-state index contributed by atoms with van der Waals surface area (Å²) in [5.74, 6) is 0.857. The quantitative estimate of drug-likeness (QED) is 0.641. The smallest absolute Gasteiger partial charge is 0.166 e. The summed E-state index contributed by atoms with van der Waals surface area (Å²) in [6, 6.07) is 5.85. The lowest BCUT2D eigenvalue weighted by molar-refractivity contribution is -0.137. The van der Waals surface area contributed by atoms with Gasteiger partial charge < -0.3 is 0 Å². The van der Waals surface area contributed by atoms with Gasteiger partial charge in [-0.25, -0.2) is 0 Å². The Morgan fingerprint density at radius 2 is 1.67 bits per heavy atom. The molecule has 0 nitrogen and oxygen atoms in total. The monoisotopic (exact) mass is 294 g/mol. The van der Waals surface area contributed by atoms with Crippen LogP contribution in [0.15, 0.2) is 24.3 Å². The molecule has 1 aromatic rings. The highest BCUT2D eigenvalue weighted by Gasteiger charge is 2.39. The lowest BCUT2D eigenvalue weighted by atomic mass is 9.38. The maximum absolute atomic E-state index is 12.6. The van der Waals surface area contributed by atoms with Gasteiger partial charge in [0, 0.05) is 0 Å². The van der Waals surface area contributed by atoms with Crippen LogP contribution < -0.4 is 0 Å². The van der Waals surface area contributed by atoms with Crippen LogP contribution in [-0.4, -0.2) is 7.28 Å². The van der Waals surface area contributed by atoms with Gasteiger partial charge >= 0.3 is 6.18 Å². The molecule has 2 aliphatic rings. The highest BCUT2D eigenvalue weighted by Crippen LogP contribution is 2.51. The third-order valence-corrected chi connectivity index (χ3v) is 5.47. The summed E-state index contributed by atoms with van der Waals surface area (Å²) >= 11 is 0. The molecule has 2 saturated heterocycles. The largest absolute Gasteiger partial charge is 0.416 e. The Morgan fingerprint density at radius 1 is 1.00 bits per heavy atom. The van der Waals surface area contributed by atoms with Crippen molar-refractivity contribution < 1.29 is 13.2 Å². The van der Waals surface area contributed by atoms with E-state index in [1.54, 1.807) is 12.1 Å². The molecule has 0 saturated carbocycles. The maximum Gasteiger partial charge on any atom is 0.416 e. The molecule has 2 aliphatic heterocycles. The SMILES string of the molecule is FC(F)(F)c1ccc(CC23BC(CCCC2)CCC3)cc1. The van der Waals surface area contributed by atoms with Crippen LogP contribution in [0.2, 0.25) is 11.1 Å². The summed E-state index contributed by atoms with van der Waals surface area (Å²) in [6.07, 6.45) is 5.87. The van der Waals surface area contributed by atoms with E-state index in [4.69, 9.17) is 0 Å². The Bertz CT molecular complexity index is 480. The van der Waals surface area contributed by atoms with E-state index in [2.05, 4.69) is 0 Å². The van der Waals surface area contributed by atoms with Gasteiger partial charge in [0.05, 0.1) is 5.56 Å². The van der Waals surface area contributed by atoms with Gasteiger partial charge in [-0.1, -0.05) is 68.2 Å². The molecular formula is C17H22BF3. The summed E-state index contributed by atoms with van der Waals surface area (Å²) < 4.78 is 37.9. The maximum atomic E-state index is 12.6. The van der Waals surface area contributed by atoms with Crippen molar-refractivity contribution >= 4 is 7.28 Å². The first kappa shape index (κ1) is 15.0. The molecule has 2 atom stereocenters. The molecule has 0 amide bonds.